The summed E-state index contributed by atoms with van der Waals surface area (Å²) in [7, 11) is 1.79. The summed E-state index contributed by atoms with van der Waals surface area (Å²) in [4.78, 5) is 3.53. The number of benzene rings is 2. The van der Waals surface area contributed by atoms with E-state index in [1.54, 1.807) is 49.7 Å². The summed E-state index contributed by atoms with van der Waals surface area (Å²) in [5.41, 5.74) is 4.18. The molecule has 0 N–H and O–H groups in total. The van der Waals surface area contributed by atoms with Gasteiger partial charge in [0.1, 0.15) is 18.2 Å². The van der Waals surface area contributed by atoms with Gasteiger partial charge in [0.05, 0.1) is 14.9 Å². The lowest BCUT2D eigenvalue weighted by Crippen LogP contribution is -2.35. The first-order valence-corrected chi connectivity index (χ1v) is 8.32. The van der Waals surface area contributed by atoms with Gasteiger partial charge in [0, 0.05) is 33.9 Å². The summed E-state index contributed by atoms with van der Waals surface area (Å²) >= 11 is 0. The Bertz CT molecular complexity index is 1410. The first kappa shape index (κ1) is 11.5. The van der Waals surface area contributed by atoms with Crippen molar-refractivity contribution >= 4 is 27.6 Å². The number of furan rings is 1. The van der Waals surface area contributed by atoms with Crippen LogP contribution in [0.25, 0.3) is 38.0 Å². The second-order valence-corrected chi connectivity index (χ2v) is 6.56. The molecular weight excluding hydrogens is 320 g/mol. The Hall–Kier alpha value is -3.12. The number of nitrogens with zero attached hydrogens (tertiary/aromatic N) is 2. The van der Waals surface area contributed by atoms with Gasteiger partial charge in [-0.25, -0.2) is 4.85 Å². The molecule has 0 amide bonds. The normalized spacial score (nSPS) is 14.5. The monoisotopic (exact) mass is 346 g/mol. The van der Waals surface area contributed by atoms with Gasteiger partial charge < -0.3 is 4.42 Å². The smallest absolute Gasteiger partial charge is 0.229 e. The van der Waals surface area contributed by atoms with Gasteiger partial charge in [-0.1, -0.05) is 24.3 Å². The highest BCUT2D eigenvalue weighted by molar-refractivity contribution is 6.14. The van der Waals surface area contributed by atoms with E-state index in [-0.39, 0.29) is 11.6 Å². The number of hydrogen-bond donors (Lipinski definition) is 0. The van der Waals surface area contributed by atoms with Crippen molar-refractivity contribution in [3.8, 4) is 11.3 Å². The molecule has 0 fully saturated rings. The van der Waals surface area contributed by atoms with Crippen LogP contribution >= 0.6 is 0 Å². The van der Waals surface area contributed by atoms with Crippen molar-refractivity contribution in [3.63, 3.8) is 0 Å². The zero-order valence-corrected chi connectivity index (χ0v) is 15.1. The molecule has 3 nitrogen and oxygen atoms in total. The van der Waals surface area contributed by atoms with Crippen molar-refractivity contribution in [1.82, 2.24) is 0 Å². The molecule has 0 atom stereocenters. The van der Waals surface area contributed by atoms with Crippen LogP contribution in [0.1, 0.15) is 29.2 Å². The highest BCUT2D eigenvalue weighted by atomic mass is 16.3. The first-order chi connectivity index (χ1) is 14.5. The quantitative estimate of drug-likeness (QED) is 0.312. The van der Waals surface area contributed by atoms with Crippen molar-refractivity contribution < 1.29 is 15.8 Å². The molecule has 0 aliphatic heterocycles. The van der Waals surface area contributed by atoms with Gasteiger partial charge in [-0.3, -0.25) is 0 Å². The fraction of sp³-hybridized carbons (Fsp3) is 0.217. The summed E-state index contributed by atoms with van der Waals surface area (Å²) in [5, 5.41) is 1.00. The lowest BCUT2D eigenvalue weighted by molar-refractivity contribution is -0.666. The minimum absolute atomic E-state index is 0.157. The number of aryl methyl sites for hydroxylation is 2. The Morgan fingerprint density at radius 3 is 2.69 bits per heavy atom. The molecule has 128 valence electrons. The third-order valence-corrected chi connectivity index (χ3v) is 4.82. The second-order valence-electron chi connectivity index (χ2n) is 6.56. The number of aromatic nitrogens is 1. The van der Waals surface area contributed by atoms with Gasteiger partial charge in [-0.15, -0.1) is 0 Å². The standard InChI is InChI=1S/C23H21N2O/c1-13-10-16(4)25(6)19(11-13)21-15(3)12-14(2)20-17-8-7-9-18(24-5)22(17)26-23(20)21/h7-12H,1-4,6H3/q+1/i2D3,10D,11D. The molecule has 0 saturated carbocycles. The van der Waals surface area contributed by atoms with E-state index in [1.807, 2.05) is 6.92 Å². The molecule has 0 aliphatic rings. The number of pyridine rings is 1. The van der Waals surface area contributed by atoms with E-state index in [4.69, 9.17) is 17.8 Å². The Kier molecular flexibility index (Phi) is 2.52. The predicted octanol–water partition coefficient (Wildman–Crippen LogP) is 5.86. The molecule has 2 aromatic heterocycles. The van der Waals surface area contributed by atoms with Crippen LogP contribution in [-0.2, 0) is 7.05 Å². The molecule has 0 bridgehead atoms. The zero-order chi connectivity index (χ0) is 22.8. The minimum atomic E-state index is -2.38. The summed E-state index contributed by atoms with van der Waals surface area (Å²) in [5.74, 6) is 0. The van der Waals surface area contributed by atoms with Crippen molar-refractivity contribution in [2.24, 2.45) is 7.05 Å². The number of fused-ring (bicyclic) bond motifs is 3. The predicted molar refractivity (Wildman–Crippen MR) is 106 cm³/mol. The molecule has 4 aromatic rings. The van der Waals surface area contributed by atoms with E-state index in [2.05, 4.69) is 4.85 Å². The van der Waals surface area contributed by atoms with Crippen LogP contribution in [0.4, 0.5) is 5.69 Å². The highest BCUT2D eigenvalue weighted by Gasteiger charge is 2.24. The second kappa shape index (κ2) is 5.71. The number of para-hydroxylation sites is 1. The highest BCUT2D eigenvalue weighted by Crippen LogP contribution is 2.41. The summed E-state index contributed by atoms with van der Waals surface area (Å²) in [6.45, 7) is 10.5. The molecule has 0 spiro atoms. The zero-order valence-electron chi connectivity index (χ0n) is 20.1. The maximum atomic E-state index is 8.73. The molecule has 0 aliphatic carbocycles. The van der Waals surface area contributed by atoms with Crippen molar-refractivity contribution in [3.05, 3.63) is 70.2 Å². The van der Waals surface area contributed by atoms with Crippen LogP contribution in [0, 0.1) is 34.2 Å². The van der Waals surface area contributed by atoms with Crippen molar-refractivity contribution in [1.29, 1.82) is 0 Å². The Labute approximate surface area is 160 Å². The van der Waals surface area contributed by atoms with Gasteiger partial charge in [-0.2, -0.15) is 4.57 Å². The molecule has 2 heterocycles. The molecule has 0 unspecified atom stereocenters. The van der Waals surface area contributed by atoms with Crippen LogP contribution in [0.15, 0.2) is 40.8 Å². The molecule has 0 radical (unpaired) electrons. The van der Waals surface area contributed by atoms with Crippen LogP contribution in [0.2, 0.25) is 0 Å². The molecule has 4 rings (SSSR count). The SMILES string of the molecule is [2H]c1c(C)c([2H])c(-c2c(C)cc(C([2H])([2H])[2H])c3c2oc2c([N+]#[C-])cccc23)[n+](C)c1C. The van der Waals surface area contributed by atoms with Gasteiger partial charge in [0.2, 0.25) is 11.4 Å². The average molecular weight is 346 g/mol. The third kappa shape index (κ3) is 2.23. The Morgan fingerprint density at radius 1 is 1.15 bits per heavy atom. The fourth-order valence-electron chi connectivity index (χ4n) is 3.52. The van der Waals surface area contributed by atoms with E-state index >= 15 is 0 Å². The maximum Gasteiger partial charge on any atom is 0.229 e. The van der Waals surface area contributed by atoms with Gasteiger partial charge in [0.25, 0.3) is 0 Å². The largest absolute Gasteiger partial charge is 0.466 e. The maximum absolute atomic E-state index is 8.73. The lowest BCUT2D eigenvalue weighted by atomic mass is 9.96. The summed E-state index contributed by atoms with van der Waals surface area (Å²) < 4.78 is 49.2. The Balaban J connectivity index is 2.31. The molecular formula is C23H21N2O+. The van der Waals surface area contributed by atoms with Crippen LogP contribution < -0.4 is 4.57 Å². The van der Waals surface area contributed by atoms with Gasteiger partial charge in [0.15, 0.2) is 5.69 Å². The topological polar surface area (TPSA) is 21.4 Å². The van der Waals surface area contributed by atoms with Crippen LogP contribution in [0.3, 0.4) is 0 Å². The third-order valence-electron chi connectivity index (χ3n) is 4.82. The van der Waals surface area contributed by atoms with Crippen LogP contribution in [0.5, 0.6) is 0 Å². The van der Waals surface area contributed by atoms with Gasteiger partial charge >= 0.3 is 0 Å². The lowest BCUT2D eigenvalue weighted by Gasteiger charge is -2.10. The van der Waals surface area contributed by atoms with E-state index in [0.717, 1.165) is 0 Å². The minimum Gasteiger partial charge on any atom is -0.466 e. The number of hydrogen-bond acceptors (Lipinski definition) is 1. The van der Waals surface area contributed by atoms with Crippen molar-refractivity contribution in [2.45, 2.75) is 27.6 Å². The molecule has 26 heavy (non-hydrogen) atoms. The van der Waals surface area contributed by atoms with E-state index in [0.29, 0.717) is 61.7 Å². The molecule has 0 saturated heterocycles. The molecule has 2 aromatic carbocycles. The number of rotatable bonds is 1. The first-order valence-electron chi connectivity index (χ1n) is 10.8. The van der Waals surface area contributed by atoms with Crippen molar-refractivity contribution in [2.75, 3.05) is 0 Å². The summed E-state index contributed by atoms with van der Waals surface area (Å²) in [6.07, 6.45) is 0. The van der Waals surface area contributed by atoms with E-state index in [9.17, 15) is 0 Å². The summed E-state index contributed by atoms with van der Waals surface area (Å²) in [6, 6.07) is 7.22. The average Bonchev–Trinajstić information content (AvgIpc) is 3.10. The fourth-order valence-corrected chi connectivity index (χ4v) is 3.52. The molecule has 3 heteroatoms. The van der Waals surface area contributed by atoms with E-state index < -0.39 is 6.85 Å². The van der Waals surface area contributed by atoms with E-state index in [1.165, 1.54) is 0 Å². The van der Waals surface area contributed by atoms with Gasteiger partial charge in [-0.05, 0) is 37.4 Å². The van der Waals surface area contributed by atoms with Crippen LogP contribution in [-0.4, -0.2) is 0 Å². The Morgan fingerprint density at radius 2 is 1.96 bits per heavy atom.